The van der Waals surface area contributed by atoms with Gasteiger partial charge in [0.05, 0.1) is 25.5 Å². The lowest BCUT2D eigenvalue weighted by molar-refractivity contribution is 0.0389. The highest BCUT2D eigenvalue weighted by atomic mass is 16.5. The molecule has 0 radical (unpaired) electrons. The van der Waals surface area contributed by atoms with Crippen LogP contribution in [-0.2, 0) is 11.3 Å². The van der Waals surface area contributed by atoms with Crippen LogP contribution >= 0.6 is 0 Å². The van der Waals surface area contributed by atoms with Crippen molar-refractivity contribution in [1.82, 2.24) is 20.5 Å². The summed E-state index contributed by atoms with van der Waals surface area (Å²) < 4.78 is 5.36. The summed E-state index contributed by atoms with van der Waals surface area (Å²) in [5.74, 6) is 0.846. The van der Waals surface area contributed by atoms with E-state index in [2.05, 4.69) is 32.4 Å². The number of aliphatic imine (C=N–C) groups is 1. The van der Waals surface area contributed by atoms with E-state index < -0.39 is 0 Å². The zero-order chi connectivity index (χ0) is 15.6. The van der Waals surface area contributed by atoms with Gasteiger partial charge in [-0.25, -0.2) is 4.99 Å². The number of hydrogen-bond acceptors (Lipinski definition) is 4. The molecule has 0 spiro atoms. The van der Waals surface area contributed by atoms with Gasteiger partial charge in [-0.1, -0.05) is 6.07 Å². The Labute approximate surface area is 133 Å². The summed E-state index contributed by atoms with van der Waals surface area (Å²) in [6.07, 6.45) is 0. The van der Waals surface area contributed by atoms with Crippen molar-refractivity contribution in [2.45, 2.75) is 20.4 Å². The van der Waals surface area contributed by atoms with Crippen LogP contribution in [0.15, 0.2) is 23.2 Å². The maximum Gasteiger partial charge on any atom is 0.191 e. The van der Waals surface area contributed by atoms with Crippen molar-refractivity contribution in [2.24, 2.45) is 4.99 Å². The summed E-state index contributed by atoms with van der Waals surface area (Å²) in [5.41, 5.74) is 2.02. The molecule has 0 unspecified atom stereocenters. The van der Waals surface area contributed by atoms with Gasteiger partial charge in [0.25, 0.3) is 0 Å². The first-order chi connectivity index (χ1) is 10.8. The molecule has 0 aromatic carbocycles. The second-order valence-corrected chi connectivity index (χ2v) is 5.35. The average Bonchev–Trinajstić information content (AvgIpc) is 2.54. The van der Waals surface area contributed by atoms with Crippen molar-refractivity contribution in [1.29, 1.82) is 0 Å². The molecule has 1 aliphatic rings. The van der Waals surface area contributed by atoms with E-state index in [-0.39, 0.29) is 0 Å². The molecule has 1 aromatic rings. The number of nitrogens with one attached hydrogen (secondary N) is 2. The Morgan fingerprint density at radius 3 is 2.86 bits per heavy atom. The molecule has 1 aliphatic heterocycles. The van der Waals surface area contributed by atoms with Gasteiger partial charge in [-0.2, -0.15) is 0 Å². The van der Waals surface area contributed by atoms with E-state index in [1.165, 1.54) is 0 Å². The Hall–Kier alpha value is -1.66. The number of morpholine rings is 1. The zero-order valence-corrected chi connectivity index (χ0v) is 13.6. The van der Waals surface area contributed by atoms with Gasteiger partial charge in [-0.05, 0) is 26.0 Å². The third-order valence-electron chi connectivity index (χ3n) is 3.51. The third kappa shape index (κ3) is 5.99. The highest BCUT2D eigenvalue weighted by molar-refractivity contribution is 5.79. The fourth-order valence-electron chi connectivity index (χ4n) is 2.35. The molecular weight excluding hydrogens is 278 g/mol. The molecule has 2 N–H and O–H groups in total. The molecule has 122 valence electrons. The van der Waals surface area contributed by atoms with Gasteiger partial charge in [0.1, 0.15) is 0 Å². The minimum absolute atomic E-state index is 0.592. The Bertz CT molecular complexity index is 471. The van der Waals surface area contributed by atoms with E-state index in [9.17, 15) is 0 Å². The van der Waals surface area contributed by atoms with Gasteiger partial charge in [-0.3, -0.25) is 9.88 Å². The van der Waals surface area contributed by atoms with Gasteiger partial charge < -0.3 is 15.4 Å². The second kappa shape index (κ2) is 9.38. The molecule has 0 saturated carbocycles. The molecule has 2 heterocycles. The van der Waals surface area contributed by atoms with Crippen LogP contribution in [0.1, 0.15) is 18.3 Å². The van der Waals surface area contributed by atoms with Crippen LogP contribution in [0.25, 0.3) is 0 Å². The Balaban J connectivity index is 1.79. The van der Waals surface area contributed by atoms with Crippen LogP contribution in [0, 0.1) is 6.92 Å². The van der Waals surface area contributed by atoms with E-state index in [0.717, 1.165) is 63.3 Å². The summed E-state index contributed by atoms with van der Waals surface area (Å²) in [6, 6.07) is 6.03. The molecule has 6 nitrogen and oxygen atoms in total. The first kappa shape index (κ1) is 16.7. The van der Waals surface area contributed by atoms with Crippen molar-refractivity contribution in [2.75, 3.05) is 45.9 Å². The third-order valence-corrected chi connectivity index (χ3v) is 3.51. The number of aromatic nitrogens is 1. The molecule has 0 amide bonds. The van der Waals surface area contributed by atoms with Gasteiger partial charge >= 0.3 is 0 Å². The van der Waals surface area contributed by atoms with Crippen LogP contribution in [-0.4, -0.2) is 61.8 Å². The Morgan fingerprint density at radius 2 is 2.14 bits per heavy atom. The van der Waals surface area contributed by atoms with Gasteiger partial charge in [0, 0.05) is 38.4 Å². The quantitative estimate of drug-likeness (QED) is 0.601. The van der Waals surface area contributed by atoms with Gasteiger partial charge in [0.15, 0.2) is 5.96 Å². The molecule has 6 heteroatoms. The lowest BCUT2D eigenvalue weighted by Gasteiger charge is -2.26. The fraction of sp³-hybridized carbons (Fsp3) is 0.625. The van der Waals surface area contributed by atoms with Crippen molar-refractivity contribution in [3.8, 4) is 0 Å². The summed E-state index contributed by atoms with van der Waals surface area (Å²) >= 11 is 0. The van der Waals surface area contributed by atoms with E-state index in [0.29, 0.717) is 6.54 Å². The van der Waals surface area contributed by atoms with Crippen LogP contribution < -0.4 is 10.6 Å². The van der Waals surface area contributed by atoms with Crippen LogP contribution in [0.3, 0.4) is 0 Å². The predicted molar refractivity (Wildman–Crippen MR) is 89.1 cm³/mol. The number of guanidine groups is 1. The number of hydrogen-bond donors (Lipinski definition) is 2. The molecule has 0 aliphatic carbocycles. The standard InChI is InChI=1S/C16H27N5O/c1-3-17-16(18-7-8-21-9-11-22-12-10-21)19-13-15-6-4-5-14(2)20-15/h4-6H,3,7-13H2,1-2H3,(H2,17,18,19). The molecule has 0 atom stereocenters. The number of ether oxygens (including phenoxy) is 1. The SMILES string of the molecule is CCNC(=NCc1cccc(C)n1)NCCN1CCOCC1. The van der Waals surface area contributed by atoms with Crippen LogP contribution in [0.5, 0.6) is 0 Å². The highest BCUT2D eigenvalue weighted by Gasteiger charge is 2.09. The van der Waals surface area contributed by atoms with Crippen molar-refractivity contribution in [3.05, 3.63) is 29.6 Å². The molecule has 1 aromatic heterocycles. The van der Waals surface area contributed by atoms with E-state index in [4.69, 9.17) is 4.74 Å². The molecular formula is C16H27N5O. The lowest BCUT2D eigenvalue weighted by Crippen LogP contribution is -2.44. The highest BCUT2D eigenvalue weighted by Crippen LogP contribution is 1.99. The predicted octanol–water partition coefficient (Wildman–Crippen LogP) is 0.777. The van der Waals surface area contributed by atoms with Gasteiger partial charge in [0.2, 0.25) is 0 Å². The maximum atomic E-state index is 5.36. The average molecular weight is 305 g/mol. The molecule has 0 bridgehead atoms. The minimum atomic E-state index is 0.592. The normalized spacial score (nSPS) is 16.5. The minimum Gasteiger partial charge on any atom is -0.379 e. The second-order valence-electron chi connectivity index (χ2n) is 5.35. The Kier molecular flexibility index (Phi) is 7.12. The number of pyridine rings is 1. The number of aryl methyl sites for hydroxylation is 1. The molecule has 1 fully saturated rings. The number of rotatable bonds is 6. The van der Waals surface area contributed by atoms with Crippen molar-refractivity contribution in [3.63, 3.8) is 0 Å². The summed E-state index contributed by atoms with van der Waals surface area (Å²) in [7, 11) is 0. The largest absolute Gasteiger partial charge is 0.379 e. The molecule has 2 rings (SSSR count). The van der Waals surface area contributed by atoms with Crippen molar-refractivity contribution >= 4 is 5.96 Å². The van der Waals surface area contributed by atoms with Crippen LogP contribution in [0.2, 0.25) is 0 Å². The summed E-state index contributed by atoms with van der Waals surface area (Å²) in [6.45, 7) is 11.1. The summed E-state index contributed by atoms with van der Waals surface area (Å²) in [4.78, 5) is 11.5. The smallest absolute Gasteiger partial charge is 0.191 e. The van der Waals surface area contributed by atoms with E-state index in [1.807, 2.05) is 25.1 Å². The lowest BCUT2D eigenvalue weighted by atomic mass is 10.3. The first-order valence-corrected chi connectivity index (χ1v) is 8.02. The number of nitrogens with zero attached hydrogens (tertiary/aromatic N) is 3. The first-order valence-electron chi connectivity index (χ1n) is 8.02. The maximum absolute atomic E-state index is 5.36. The Morgan fingerprint density at radius 1 is 1.32 bits per heavy atom. The topological polar surface area (TPSA) is 61.8 Å². The molecule has 1 saturated heterocycles. The van der Waals surface area contributed by atoms with E-state index in [1.54, 1.807) is 0 Å². The van der Waals surface area contributed by atoms with Gasteiger partial charge in [-0.15, -0.1) is 0 Å². The summed E-state index contributed by atoms with van der Waals surface area (Å²) in [5, 5.41) is 6.65. The fourth-order valence-corrected chi connectivity index (χ4v) is 2.35. The van der Waals surface area contributed by atoms with E-state index >= 15 is 0 Å². The molecule has 22 heavy (non-hydrogen) atoms. The monoisotopic (exact) mass is 305 g/mol. The van der Waals surface area contributed by atoms with Crippen LogP contribution in [0.4, 0.5) is 0 Å². The zero-order valence-electron chi connectivity index (χ0n) is 13.6. The van der Waals surface area contributed by atoms with Crippen molar-refractivity contribution < 1.29 is 4.74 Å².